The van der Waals surface area contributed by atoms with Crippen LogP contribution in [0.5, 0.6) is 5.75 Å². The van der Waals surface area contributed by atoms with Crippen molar-refractivity contribution >= 4 is 0 Å². The number of likely N-dealkylation sites (tertiary alicyclic amines) is 1. The first-order valence-electron chi connectivity index (χ1n) is 10.5. The van der Waals surface area contributed by atoms with E-state index in [1.54, 1.807) is 0 Å². The fourth-order valence-electron chi connectivity index (χ4n) is 4.23. The minimum atomic E-state index is 0.432. The van der Waals surface area contributed by atoms with Gasteiger partial charge in [0, 0.05) is 31.9 Å². The second kappa shape index (κ2) is 9.34. The van der Waals surface area contributed by atoms with E-state index in [1.807, 2.05) is 12.3 Å². The third-order valence-corrected chi connectivity index (χ3v) is 5.74. The molecular weight excluding hydrogens is 334 g/mol. The monoisotopic (exact) mass is 365 g/mol. The summed E-state index contributed by atoms with van der Waals surface area (Å²) < 4.78 is 6.06. The zero-order valence-corrected chi connectivity index (χ0v) is 16.1. The molecule has 1 atom stereocenters. The van der Waals surface area contributed by atoms with E-state index in [9.17, 15) is 0 Å². The van der Waals surface area contributed by atoms with E-state index in [0.29, 0.717) is 12.1 Å². The summed E-state index contributed by atoms with van der Waals surface area (Å²) in [7, 11) is 0. The maximum atomic E-state index is 6.06. The third-order valence-electron chi connectivity index (χ3n) is 5.74. The van der Waals surface area contributed by atoms with Gasteiger partial charge in [0.2, 0.25) is 0 Å². The summed E-state index contributed by atoms with van der Waals surface area (Å²) in [6.07, 6.45) is 9.85. The van der Waals surface area contributed by atoms with Gasteiger partial charge in [-0.25, -0.2) is 0 Å². The van der Waals surface area contributed by atoms with Crippen molar-refractivity contribution < 1.29 is 4.74 Å². The highest BCUT2D eigenvalue weighted by molar-refractivity contribution is 5.27. The second-order valence-electron chi connectivity index (χ2n) is 7.94. The molecule has 1 saturated carbocycles. The quantitative estimate of drug-likeness (QED) is 0.799. The molecule has 0 spiro atoms. The van der Waals surface area contributed by atoms with Gasteiger partial charge >= 0.3 is 0 Å². The number of hydrogen-bond donors (Lipinski definition) is 1. The topological polar surface area (TPSA) is 37.4 Å². The van der Waals surface area contributed by atoms with Gasteiger partial charge in [-0.1, -0.05) is 18.2 Å². The molecule has 1 saturated heterocycles. The van der Waals surface area contributed by atoms with Crippen molar-refractivity contribution in [3.8, 4) is 5.75 Å². The predicted octanol–water partition coefficient (Wildman–Crippen LogP) is 4.16. The lowest BCUT2D eigenvalue weighted by Gasteiger charge is -2.33. The number of benzene rings is 1. The van der Waals surface area contributed by atoms with Crippen LogP contribution in [-0.2, 0) is 13.1 Å². The molecule has 144 valence electrons. The molecule has 2 fully saturated rings. The summed E-state index contributed by atoms with van der Waals surface area (Å²) in [5, 5.41) is 3.74. The van der Waals surface area contributed by atoms with E-state index in [2.05, 4.69) is 51.6 Å². The van der Waals surface area contributed by atoms with Crippen LogP contribution in [0, 0.1) is 0 Å². The molecule has 1 unspecified atom stereocenters. The molecule has 0 radical (unpaired) electrons. The Morgan fingerprint density at radius 2 is 1.85 bits per heavy atom. The first kappa shape index (κ1) is 18.5. The van der Waals surface area contributed by atoms with Crippen molar-refractivity contribution in [1.29, 1.82) is 0 Å². The Bertz CT molecular complexity index is 683. The van der Waals surface area contributed by atoms with Crippen molar-refractivity contribution in [2.45, 2.75) is 63.8 Å². The van der Waals surface area contributed by atoms with Crippen LogP contribution < -0.4 is 10.1 Å². The molecular formula is C23H31N3O. The number of pyridine rings is 1. The van der Waals surface area contributed by atoms with Crippen molar-refractivity contribution in [2.24, 2.45) is 0 Å². The number of nitrogens with one attached hydrogen (secondary N) is 1. The summed E-state index contributed by atoms with van der Waals surface area (Å²) in [5.41, 5.74) is 2.49. The third kappa shape index (κ3) is 5.53. The first-order chi connectivity index (χ1) is 13.3. The number of aromatic nitrogens is 1. The van der Waals surface area contributed by atoms with Crippen LogP contribution in [0.4, 0.5) is 0 Å². The van der Waals surface area contributed by atoms with E-state index in [1.165, 1.54) is 50.6 Å². The lowest BCUT2D eigenvalue weighted by Crippen LogP contribution is -2.45. The van der Waals surface area contributed by atoms with Gasteiger partial charge in [-0.3, -0.25) is 9.88 Å². The SMILES string of the molecule is c1ccc(CN2CCCC(NCc3ccc(OC4CCCC4)cc3)C2)nc1. The highest BCUT2D eigenvalue weighted by Gasteiger charge is 2.20. The largest absolute Gasteiger partial charge is 0.490 e. The van der Waals surface area contributed by atoms with Crippen LogP contribution in [0.2, 0.25) is 0 Å². The fourth-order valence-corrected chi connectivity index (χ4v) is 4.23. The van der Waals surface area contributed by atoms with Gasteiger partial charge in [0.15, 0.2) is 0 Å². The molecule has 0 bridgehead atoms. The molecule has 1 aliphatic carbocycles. The first-order valence-corrected chi connectivity index (χ1v) is 10.5. The highest BCUT2D eigenvalue weighted by atomic mass is 16.5. The number of rotatable bonds is 7. The van der Waals surface area contributed by atoms with Crippen molar-refractivity contribution in [3.63, 3.8) is 0 Å². The lowest BCUT2D eigenvalue weighted by molar-refractivity contribution is 0.181. The lowest BCUT2D eigenvalue weighted by atomic mass is 10.0. The van der Waals surface area contributed by atoms with E-state index < -0.39 is 0 Å². The zero-order chi connectivity index (χ0) is 18.3. The maximum absolute atomic E-state index is 6.06. The average Bonchev–Trinajstić information content (AvgIpc) is 3.22. The van der Waals surface area contributed by atoms with Gasteiger partial charge in [0.1, 0.15) is 5.75 Å². The van der Waals surface area contributed by atoms with Crippen molar-refractivity contribution in [3.05, 3.63) is 59.9 Å². The van der Waals surface area contributed by atoms with Gasteiger partial charge in [0.05, 0.1) is 11.8 Å². The molecule has 1 N–H and O–H groups in total. The Balaban J connectivity index is 1.23. The van der Waals surface area contributed by atoms with Gasteiger partial charge < -0.3 is 10.1 Å². The Hall–Kier alpha value is -1.91. The molecule has 2 heterocycles. The number of hydrogen-bond acceptors (Lipinski definition) is 4. The summed E-state index contributed by atoms with van der Waals surface area (Å²) >= 11 is 0. The van der Waals surface area contributed by atoms with Crippen LogP contribution in [0.25, 0.3) is 0 Å². The second-order valence-corrected chi connectivity index (χ2v) is 7.94. The Morgan fingerprint density at radius 1 is 1.00 bits per heavy atom. The number of ether oxygens (including phenoxy) is 1. The predicted molar refractivity (Wildman–Crippen MR) is 109 cm³/mol. The maximum Gasteiger partial charge on any atom is 0.119 e. The normalized spacial score (nSPS) is 21.4. The van der Waals surface area contributed by atoms with Crippen LogP contribution >= 0.6 is 0 Å². The van der Waals surface area contributed by atoms with Gasteiger partial charge in [-0.2, -0.15) is 0 Å². The van der Waals surface area contributed by atoms with E-state index >= 15 is 0 Å². The van der Waals surface area contributed by atoms with Crippen LogP contribution in [-0.4, -0.2) is 35.1 Å². The summed E-state index contributed by atoms with van der Waals surface area (Å²) in [6.45, 7) is 4.14. The highest BCUT2D eigenvalue weighted by Crippen LogP contribution is 2.24. The van der Waals surface area contributed by atoms with Crippen molar-refractivity contribution in [2.75, 3.05) is 13.1 Å². The zero-order valence-electron chi connectivity index (χ0n) is 16.1. The Morgan fingerprint density at radius 3 is 2.63 bits per heavy atom. The molecule has 4 heteroatoms. The van der Waals surface area contributed by atoms with Gasteiger partial charge in [0.25, 0.3) is 0 Å². The minimum absolute atomic E-state index is 0.432. The molecule has 1 aromatic carbocycles. The van der Waals surface area contributed by atoms with Crippen LogP contribution in [0.15, 0.2) is 48.7 Å². The minimum Gasteiger partial charge on any atom is -0.490 e. The molecule has 0 amide bonds. The molecule has 2 aromatic rings. The van der Waals surface area contributed by atoms with Gasteiger partial charge in [-0.15, -0.1) is 0 Å². The van der Waals surface area contributed by atoms with E-state index in [4.69, 9.17) is 4.74 Å². The van der Waals surface area contributed by atoms with E-state index in [-0.39, 0.29) is 0 Å². The smallest absolute Gasteiger partial charge is 0.119 e. The molecule has 1 aliphatic heterocycles. The number of nitrogens with zero attached hydrogens (tertiary/aromatic N) is 2. The standard InChI is InChI=1S/C23H31N3O/c1-2-9-22(8-1)27-23-12-10-19(11-13-23)16-25-21-7-5-15-26(18-21)17-20-6-3-4-14-24-20/h3-4,6,10-14,21-22,25H,1-2,5,7-9,15-18H2. The van der Waals surface area contributed by atoms with Crippen LogP contribution in [0.3, 0.4) is 0 Å². The summed E-state index contributed by atoms with van der Waals surface area (Å²) in [5.74, 6) is 1.02. The molecule has 1 aromatic heterocycles. The number of piperidine rings is 1. The molecule has 27 heavy (non-hydrogen) atoms. The van der Waals surface area contributed by atoms with E-state index in [0.717, 1.165) is 31.1 Å². The van der Waals surface area contributed by atoms with Crippen LogP contribution in [0.1, 0.15) is 49.8 Å². The average molecular weight is 366 g/mol. The Labute approximate surface area is 162 Å². The fraction of sp³-hybridized carbons (Fsp3) is 0.522. The molecule has 4 nitrogen and oxygen atoms in total. The Kier molecular flexibility index (Phi) is 6.38. The summed E-state index contributed by atoms with van der Waals surface area (Å²) in [4.78, 5) is 6.98. The molecule has 2 aliphatic rings. The van der Waals surface area contributed by atoms with Gasteiger partial charge in [-0.05, 0) is 74.9 Å². The summed E-state index contributed by atoms with van der Waals surface area (Å²) in [6, 6.07) is 15.4. The molecule has 4 rings (SSSR count). The van der Waals surface area contributed by atoms with Crippen molar-refractivity contribution in [1.82, 2.24) is 15.2 Å².